The molecule has 0 spiro atoms. The van der Waals surface area contributed by atoms with Crippen LogP contribution in [0.4, 0.5) is 4.39 Å². The van der Waals surface area contributed by atoms with Crippen molar-refractivity contribution in [3.05, 3.63) is 0 Å². The zero-order valence-corrected chi connectivity index (χ0v) is 6.61. The van der Waals surface area contributed by atoms with Crippen molar-refractivity contribution in [2.45, 2.75) is 32.4 Å². The smallest absolute Gasteiger partial charge is 0.124 e. The van der Waals surface area contributed by atoms with Crippen molar-refractivity contribution in [3.63, 3.8) is 0 Å². The van der Waals surface area contributed by atoms with Gasteiger partial charge in [0.25, 0.3) is 0 Å². The van der Waals surface area contributed by atoms with E-state index in [-0.39, 0.29) is 5.54 Å². The third-order valence-corrected chi connectivity index (χ3v) is 0.917. The van der Waals surface area contributed by atoms with Crippen LogP contribution in [0.3, 0.4) is 0 Å². The van der Waals surface area contributed by atoms with Gasteiger partial charge in [-0.1, -0.05) is 0 Å². The van der Waals surface area contributed by atoms with Gasteiger partial charge in [0.15, 0.2) is 0 Å². The van der Waals surface area contributed by atoms with Crippen molar-refractivity contribution >= 4 is 0 Å². The van der Waals surface area contributed by atoms with Crippen molar-refractivity contribution in [3.8, 4) is 6.07 Å². The summed E-state index contributed by atoms with van der Waals surface area (Å²) in [5, 5.41) is 11.2. The second-order valence-corrected chi connectivity index (χ2v) is 3.23. The summed E-state index contributed by atoms with van der Waals surface area (Å²) in [6.07, 6.45) is 0. The molecule has 1 atom stereocenters. The van der Waals surface area contributed by atoms with Crippen LogP contribution < -0.4 is 5.32 Å². The summed E-state index contributed by atoms with van der Waals surface area (Å²) in [5.74, 6) is 0. The van der Waals surface area contributed by atoms with Crippen molar-refractivity contribution in [2.24, 2.45) is 0 Å². The number of nitriles is 1. The van der Waals surface area contributed by atoms with Crippen LogP contribution in [0, 0.1) is 11.3 Å². The fourth-order valence-corrected chi connectivity index (χ4v) is 0.628. The monoisotopic (exact) mass is 144 g/mol. The van der Waals surface area contributed by atoms with E-state index in [9.17, 15) is 4.39 Å². The van der Waals surface area contributed by atoms with Gasteiger partial charge in [0.1, 0.15) is 12.7 Å². The molecule has 0 amide bonds. The van der Waals surface area contributed by atoms with Gasteiger partial charge in [0.05, 0.1) is 6.07 Å². The normalized spacial score (nSPS) is 14.3. The van der Waals surface area contributed by atoms with Gasteiger partial charge in [0, 0.05) is 5.54 Å². The molecule has 0 aliphatic heterocycles. The summed E-state index contributed by atoms with van der Waals surface area (Å²) in [5.41, 5.74) is -0.188. The lowest BCUT2D eigenvalue weighted by atomic mass is 10.1. The second-order valence-electron chi connectivity index (χ2n) is 3.23. The van der Waals surface area contributed by atoms with Crippen LogP contribution in [0.1, 0.15) is 20.8 Å². The summed E-state index contributed by atoms with van der Waals surface area (Å²) < 4.78 is 11.9. The van der Waals surface area contributed by atoms with Crippen LogP contribution in [0.25, 0.3) is 0 Å². The molecule has 1 unspecified atom stereocenters. The Hall–Kier alpha value is -0.620. The van der Waals surface area contributed by atoms with E-state index in [1.54, 1.807) is 0 Å². The molecule has 0 heterocycles. The number of rotatable bonds is 2. The Balaban J connectivity index is 3.78. The molecule has 10 heavy (non-hydrogen) atoms. The third-order valence-electron chi connectivity index (χ3n) is 0.917. The predicted molar refractivity (Wildman–Crippen MR) is 38.3 cm³/mol. The second kappa shape index (κ2) is 3.52. The van der Waals surface area contributed by atoms with Crippen molar-refractivity contribution in [1.29, 1.82) is 5.26 Å². The molecular formula is C7H13FN2. The van der Waals surface area contributed by atoms with Gasteiger partial charge in [0.2, 0.25) is 0 Å². The molecule has 0 aromatic rings. The van der Waals surface area contributed by atoms with Gasteiger partial charge < -0.3 is 0 Å². The lowest BCUT2D eigenvalue weighted by Gasteiger charge is -2.22. The Bertz CT molecular complexity index is 132. The van der Waals surface area contributed by atoms with E-state index >= 15 is 0 Å². The Kier molecular flexibility index (Phi) is 3.31. The highest BCUT2D eigenvalue weighted by Crippen LogP contribution is 2.00. The first-order chi connectivity index (χ1) is 4.49. The average Bonchev–Trinajstić information content (AvgIpc) is 1.81. The number of nitrogens with zero attached hydrogens (tertiary/aromatic N) is 1. The molecule has 0 rings (SSSR count). The molecule has 0 aromatic heterocycles. The van der Waals surface area contributed by atoms with Gasteiger partial charge in [-0.05, 0) is 20.8 Å². The molecule has 0 fully saturated rings. The highest BCUT2D eigenvalue weighted by Gasteiger charge is 2.15. The quantitative estimate of drug-likeness (QED) is 0.632. The van der Waals surface area contributed by atoms with Crippen LogP contribution in [0.2, 0.25) is 0 Å². The fourth-order valence-electron chi connectivity index (χ4n) is 0.628. The Morgan fingerprint density at radius 2 is 2.10 bits per heavy atom. The van der Waals surface area contributed by atoms with Gasteiger partial charge in [-0.3, -0.25) is 5.32 Å². The summed E-state index contributed by atoms with van der Waals surface area (Å²) in [4.78, 5) is 0. The van der Waals surface area contributed by atoms with Crippen LogP contribution >= 0.6 is 0 Å². The standard InChI is InChI=1S/C7H13FN2/c1-7(2,3)10-6(4-8)5-9/h6,10H,4H2,1-3H3. The molecule has 0 radical (unpaired) electrons. The van der Waals surface area contributed by atoms with Crippen LogP contribution in [0.15, 0.2) is 0 Å². The minimum Gasteiger partial charge on any atom is -0.295 e. The molecule has 0 aliphatic carbocycles. The number of hydrogen-bond acceptors (Lipinski definition) is 2. The largest absolute Gasteiger partial charge is 0.295 e. The molecule has 58 valence electrons. The summed E-state index contributed by atoms with van der Waals surface area (Å²) >= 11 is 0. The van der Waals surface area contributed by atoms with E-state index in [1.807, 2.05) is 26.8 Å². The van der Waals surface area contributed by atoms with E-state index in [1.165, 1.54) is 0 Å². The number of alkyl halides is 1. The summed E-state index contributed by atoms with van der Waals surface area (Å²) in [7, 11) is 0. The van der Waals surface area contributed by atoms with E-state index < -0.39 is 12.7 Å². The van der Waals surface area contributed by atoms with E-state index in [0.29, 0.717) is 0 Å². The molecule has 0 saturated heterocycles. The number of hydrogen-bond donors (Lipinski definition) is 1. The first-order valence-corrected chi connectivity index (χ1v) is 3.23. The molecule has 2 nitrogen and oxygen atoms in total. The van der Waals surface area contributed by atoms with Crippen LogP contribution in [-0.4, -0.2) is 18.3 Å². The molecule has 0 saturated carbocycles. The first kappa shape index (κ1) is 9.38. The van der Waals surface area contributed by atoms with E-state index in [2.05, 4.69) is 5.32 Å². The van der Waals surface area contributed by atoms with Crippen molar-refractivity contribution < 1.29 is 4.39 Å². The van der Waals surface area contributed by atoms with Gasteiger partial charge >= 0.3 is 0 Å². The average molecular weight is 144 g/mol. The zero-order chi connectivity index (χ0) is 8.20. The van der Waals surface area contributed by atoms with Crippen LogP contribution in [-0.2, 0) is 0 Å². The van der Waals surface area contributed by atoms with Crippen LogP contribution in [0.5, 0.6) is 0 Å². The van der Waals surface area contributed by atoms with Crippen molar-refractivity contribution in [2.75, 3.05) is 6.67 Å². The van der Waals surface area contributed by atoms with E-state index in [0.717, 1.165) is 0 Å². The van der Waals surface area contributed by atoms with Gasteiger partial charge in [-0.2, -0.15) is 5.26 Å². The first-order valence-electron chi connectivity index (χ1n) is 3.23. The Morgan fingerprint density at radius 3 is 2.20 bits per heavy atom. The molecule has 1 N–H and O–H groups in total. The highest BCUT2D eigenvalue weighted by atomic mass is 19.1. The molecule has 3 heteroatoms. The number of nitrogens with one attached hydrogen (secondary N) is 1. The maximum atomic E-state index is 11.9. The Morgan fingerprint density at radius 1 is 1.60 bits per heavy atom. The minimum absolute atomic E-state index is 0.188. The van der Waals surface area contributed by atoms with Gasteiger partial charge in [-0.25, -0.2) is 4.39 Å². The lowest BCUT2D eigenvalue weighted by molar-refractivity contribution is 0.340. The topological polar surface area (TPSA) is 35.8 Å². The zero-order valence-electron chi connectivity index (χ0n) is 6.61. The highest BCUT2D eigenvalue weighted by molar-refractivity contribution is 4.93. The Labute approximate surface area is 61.0 Å². The summed E-state index contributed by atoms with van der Waals surface area (Å²) in [6.45, 7) is 5.06. The maximum absolute atomic E-state index is 11.9. The predicted octanol–water partition coefficient (Wildman–Crippen LogP) is 1.24. The SMILES string of the molecule is CC(C)(C)NC(C#N)CF. The minimum atomic E-state index is -0.667. The van der Waals surface area contributed by atoms with E-state index in [4.69, 9.17) is 5.26 Å². The fraction of sp³-hybridized carbons (Fsp3) is 0.857. The van der Waals surface area contributed by atoms with Crippen molar-refractivity contribution in [1.82, 2.24) is 5.32 Å². The molecular weight excluding hydrogens is 131 g/mol. The molecule has 0 aromatic carbocycles. The van der Waals surface area contributed by atoms with Gasteiger partial charge in [-0.15, -0.1) is 0 Å². The maximum Gasteiger partial charge on any atom is 0.124 e. The molecule has 0 bridgehead atoms. The lowest BCUT2D eigenvalue weighted by Crippen LogP contribution is -2.43. The molecule has 0 aliphatic rings. The third kappa shape index (κ3) is 4.28. The number of halogens is 1. The summed E-state index contributed by atoms with van der Waals surface area (Å²) in [6, 6.07) is 1.16.